The van der Waals surface area contributed by atoms with Crippen molar-refractivity contribution in [2.45, 2.75) is 26.3 Å². The van der Waals surface area contributed by atoms with Crippen LogP contribution in [0, 0.1) is 0 Å². The van der Waals surface area contributed by atoms with Crippen LogP contribution < -0.4 is 20.2 Å². The van der Waals surface area contributed by atoms with Crippen molar-refractivity contribution in [3.63, 3.8) is 0 Å². The van der Waals surface area contributed by atoms with Gasteiger partial charge in [0.1, 0.15) is 0 Å². The maximum absolute atomic E-state index is 12.3. The fourth-order valence-corrected chi connectivity index (χ4v) is 2.66. The number of methoxy groups -OCH3 is 2. The maximum Gasteiger partial charge on any atom is 0.335 e. The minimum absolute atomic E-state index is 0.401. The number of hydrazone groups is 1. The highest BCUT2D eigenvalue weighted by Crippen LogP contribution is 2.27. The molecule has 2 aromatic carbocycles. The van der Waals surface area contributed by atoms with E-state index >= 15 is 0 Å². The summed E-state index contributed by atoms with van der Waals surface area (Å²) in [5.41, 5.74) is 5.68. The monoisotopic (exact) mass is 381 g/mol. The van der Waals surface area contributed by atoms with Gasteiger partial charge in [0.15, 0.2) is 11.5 Å². The summed E-state index contributed by atoms with van der Waals surface area (Å²) in [5, 5.41) is 6.93. The average molecular weight is 381 g/mol. The molecule has 0 saturated carbocycles. The molecule has 0 bridgehead atoms. The quantitative estimate of drug-likeness (QED) is 0.555. The van der Waals surface area contributed by atoms with Gasteiger partial charge in [-0.1, -0.05) is 30.4 Å². The van der Waals surface area contributed by atoms with Gasteiger partial charge in [-0.2, -0.15) is 5.10 Å². The largest absolute Gasteiger partial charge is 0.493 e. The number of carbonyl (C=O) groups excluding carboxylic acids is 1. The second-order valence-corrected chi connectivity index (χ2v) is 6.92. The van der Waals surface area contributed by atoms with E-state index in [-0.39, 0.29) is 0 Å². The summed E-state index contributed by atoms with van der Waals surface area (Å²) in [5.74, 6) is 1.22. The van der Waals surface area contributed by atoms with Crippen LogP contribution in [-0.4, -0.2) is 26.5 Å². The normalized spacial score (nSPS) is 11.2. The fourth-order valence-electron chi connectivity index (χ4n) is 2.66. The summed E-state index contributed by atoms with van der Waals surface area (Å²) in [4.78, 5) is 12.3. The Balaban J connectivity index is 2.02. The highest BCUT2D eigenvalue weighted by molar-refractivity contribution is 5.83. The van der Waals surface area contributed by atoms with Crippen LogP contribution in [0.2, 0.25) is 0 Å². The molecule has 0 aliphatic carbocycles. The van der Waals surface area contributed by atoms with Gasteiger partial charge in [-0.25, -0.2) is 10.2 Å². The molecule has 0 saturated heterocycles. The van der Waals surface area contributed by atoms with E-state index in [1.54, 1.807) is 26.4 Å². The number of rotatable bonds is 7. The molecular formula is C22H27N3O3. The molecule has 0 aliphatic rings. The highest BCUT2D eigenvalue weighted by atomic mass is 16.5. The Hall–Kier alpha value is -3.28. The molecule has 148 valence electrons. The molecule has 2 aromatic rings. The van der Waals surface area contributed by atoms with E-state index in [2.05, 4.69) is 22.4 Å². The molecular weight excluding hydrogens is 354 g/mol. The van der Waals surface area contributed by atoms with Crippen LogP contribution in [0.4, 0.5) is 4.79 Å². The van der Waals surface area contributed by atoms with Crippen molar-refractivity contribution in [3.05, 3.63) is 65.7 Å². The van der Waals surface area contributed by atoms with E-state index in [0.29, 0.717) is 11.5 Å². The van der Waals surface area contributed by atoms with Crippen LogP contribution >= 0.6 is 0 Å². The first kappa shape index (κ1) is 21.0. The Labute approximate surface area is 166 Å². The van der Waals surface area contributed by atoms with E-state index in [1.165, 1.54) is 6.21 Å². The molecule has 2 N–H and O–H groups in total. The summed E-state index contributed by atoms with van der Waals surface area (Å²) in [6, 6.07) is 12.9. The van der Waals surface area contributed by atoms with Crippen LogP contribution in [0.1, 0.15) is 37.5 Å². The van der Waals surface area contributed by atoms with Gasteiger partial charge in [0, 0.05) is 0 Å². The van der Waals surface area contributed by atoms with Crippen molar-refractivity contribution in [2.75, 3.05) is 14.2 Å². The van der Waals surface area contributed by atoms with Gasteiger partial charge >= 0.3 is 6.03 Å². The molecule has 2 rings (SSSR count). The van der Waals surface area contributed by atoms with Crippen molar-refractivity contribution in [1.29, 1.82) is 0 Å². The van der Waals surface area contributed by atoms with Crippen molar-refractivity contribution in [1.82, 2.24) is 10.7 Å². The standard InChI is InChI=1S/C22H27N3O3/c1-15(2)17-8-7-9-18(13-17)22(3,4)24-21(26)25-23-14-16-10-11-19(27-5)20(12-16)28-6/h7-14H,1H2,2-6H3,(H2,24,25,26). The first-order chi connectivity index (χ1) is 13.3. The molecule has 0 radical (unpaired) electrons. The number of nitrogens with one attached hydrogen (secondary N) is 2. The van der Waals surface area contributed by atoms with Gasteiger partial charge in [0.05, 0.1) is 26.0 Å². The Morgan fingerprint density at radius 1 is 1.11 bits per heavy atom. The van der Waals surface area contributed by atoms with Crippen molar-refractivity contribution in [2.24, 2.45) is 5.10 Å². The van der Waals surface area contributed by atoms with Crippen LogP contribution in [0.3, 0.4) is 0 Å². The molecule has 0 aliphatic heterocycles. The Kier molecular flexibility index (Phi) is 6.82. The molecule has 0 fully saturated rings. The van der Waals surface area contributed by atoms with Gasteiger partial charge in [0.2, 0.25) is 0 Å². The Morgan fingerprint density at radius 3 is 2.46 bits per heavy atom. The Bertz CT molecular complexity index is 888. The second kappa shape index (κ2) is 9.08. The number of ether oxygens (including phenoxy) is 2. The SMILES string of the molecule is C=C(C)c1cccc(C(C)(C)NC(=O)NN=Cc2ccc(OC)c(OC)c2)c1. The summed E-state index contributed by atoms with van der Waals surface area (Å²) in [7, 11) is 3.14. The van der Waals surface area contributed by atoms with Crippen molar-refractivity contribution in [3.8, 4) is 11.5 Å². The number of hydrogen-bond donors (Lipinski definition) is 2. The zero-order valence-electron chi connectivity index (χ0n) is 17.0. The number of benzene rings is 2. The lowest BCUT2D eigenvalue weighted by Crippen LogP contribution is -2.45. The smallest absolute Gasteiger partial charge is 0.335 e. The number of allylic oxidation sites excluding steroid dienone is 1. The molecule has 6 nitrogen and oxygen atoms in total. The molecule has 28 heavy (non-hydrogen) atoms. The molecule has 0 heterocycles. The first-order valence-corrected chi connectivity index (χ1v) is 8.86. The van der Waals surface area contributed by atoms with Crippen molar-refractivity contribution < 1.29 is 14.3 Å². The van der Waals surface area contributed by atoms with Crippen LogP contribution in [0.5, 0.6) is 11.5 Å². The fraction of sp³-hybridized carbons (Fsp3) is 0.273. The Morgan fingerprint density at radius 2 is 1.82 bits per heavy atom. The van der Waals surface area contributed by atoms with Crippen LogP contribution in [-0.2, 0) is 5.54 Å². The van der Waals surface area contributed by atoms with Gasteiger partial charge in [-0.15, -0.1) is 0 Å². The van der Waals surface area contributed by atoms with Crippen LogP contribution in [0.15, 0.2) is 54.1 Å². The third kappa shape index (κ3) is 5.36. The predicted octanol–water partition coefficient (Wildman–Crippen LogP) is 4.31. The third-order valence-corrected chi connectivity index (χ3v) is 4.29. The number of carbonyl (C=O) groups is 1. The van der Waals surface area contributed by atoms with Gasteiger partial charge in [-0.05, 0) is 61.7 Å². The average Bonchev–Trinajstić information content (AvgIpc) is 2.67. The molecule has 2 amide bonds. The number of nitrogens with zero attached hydrogens (tertiary/aromatic N) is 1. The lowest BCUT2D eigenvalue weighted by Gasteiger charge is -2.27. The van der Waals surface area contributed by atoms with E-state index in [4.69, 9.17) is 9.47 Å². The summed E-state index contributed by atoms with van der Waals surface area (Å²) < 4.78 is 10.5. The zero-order valence-corrected chi connectivity index (χ0v) is 17.0. The molecule has 0 spiro atoms. The summed E-state index contributed by atoms with van der Waals surface area (Å²) in [6.45, 7) is 9.79. The topological polar surface area (TPSA) is 72.0 Å². The minimum atomic E-state index is -0.575. The van der Waals surface area contributed by atoms with Gasteiger partial charge in [0.25, 0.3) is 0 Å². The summed E-state index contributed by atoms with van der Waals surface area (Å²) >= 11 is 0. The van der Waals surface area contributed by atoms with Gasteiger partial charge in [-0.3, -0.25) is 0 Å². The van der Waals surface area contributed by atoms with Gasteiger partial charge < -0.3 is 14.8 Å². The predicted molar refractivity (Wildman–Crippen MR) is 113 cm³/mol. The van der Waals surface area contributed by atoms with E-state index in [9.17, 15) is 4.79 Å². The highest BCUT2D eigenvalue weighted by Gasteiger charge is 2.23. The van der Waals surface area contributed by atoms with E-state index in [1.807, 2.05) is 51.1 Å². The lowest BCUT2D eigenvalue weighted by molar-refractivity contribution is 0.230. The summed E-state index contributed by atoms with van der Waals surface area (Å²) in [6.07, 6.45) is 1.54. The minimum Gasteiger partial charge on any atom is -0.493 e. The number of urea groups is 1. The molecule has 0 atom stereocenters. The molecule has 0 unspecified atom stereocenters. The third-order valence-electron chi connectivity index (χ3n) is 4.29. The molecule has 6 heteroatoms. The van der Waals surface area contributed by atoms with E-state index in [0.717, 1.165) is 22.3 Å². The maximum atomic E-state index is 12.3. The zero-order chi connectivity index (χ0) is 20.7. The number of hydrogen-bond acceptors (Lipinski definition) is 4. The van der Waals surface area contributed by atoms with Crippen LogP contribution in [0.25, 0.3) is 5.57 Å². The van der Waals surface area contributed by atoms with E-state index < -0.39 is 11.6 Å². The number of amides is 2. The first-order valence-electron chi connectivity index (χ1n) is 8.86. The van der Waals surface area contributed by atoms with Crippen molar-refractivity contribution >= 4 is 17.8 Å². The second-order valence-electron chi connectivity index (χ2n) is 6.92. The molecule has 0 aromatic heterocycles. The lowest BCUT2D eigenvalue weighted by atomic mass is 9.92.